The van der Waals surface area contributed by atoms with Gasteiger partial charge in [0.1, 0.15) is 27.9 Å². The molecule has 1 N–H and O–H groups in total. The van der Waals surface area contributed by atoms with Crippen molar-refractivity contribution in [1.29, 1.82) is 0 Å². The van der Waals surface area contributed by atoms with Gasteiger partial charge in [-0.3, -0.25) is 4.79 Å². The van der Waals surface area contributed by atoms with Gasteiger partial charge in [-0.1, -0.05) is 0 Å². The number of nitrogens with one attached hydrogen (secondary N) is 1. The number of anilines is 1. The van der Waals surface area contributed by atoms with E-state index in [-0.39, 0.29) is 22.5 Å². The summed E-state index contributed by atoms with van der Waals surface area (Å²) in [7, 11) is 1.27. The van der Waals surface area contributed by atoms with Gasteiger partial charge in [-0.25, -0.2) is 15.0 Å². The first-order valence-corrected chi connectivity index (χ1v) is 6.70. The van der Waals surface area contributed by atoms with E-state index in [2.05, 4.69) is 31.2 Å². The molecule has 0 atom stereocenters. The first kappa shape index (κ1) is 15.7. The van der Waals surface area contributed by atoms with Crippen molar-refractivity contribution in [3.63, 3.8) is 0 Å². The topological polar surface area (TPSA) is 89.9 Å². The summed E-state index contributed by atoms with van der Waals surface area (Å²) < 4.78 is 18.3. The zero-order valence-electron chi connectivity index (χ0n) is 11.6. The molecule has 0 spiro atoms. The lowest BCUT2D eigenvalue weighted by Crippen LogP contribution is -2.07. The van der Waals surface area contributed by atoms with Crippen LogP contribution in [0.5, 0.6) is 5.88 Å². The van der Waals surface area contributed by atoms with Crippen LogP contribution in [0.25, 0.3) is 0 Å². The second kappa shape index (κ2) is 6.82. The van der Waals surface area contributed by atoms with Crippen LogP contribution in [-0.4, -0.2) is 33.0 Å². The van der Waals surface area contributed by atoms with Gasteiger partial charge in [-0.05, 0) is 17.7 Å². The first-order chi connectivity index (χ1) is 10.5. The summed E-state index contributed by atoms with van der Waals surface area (Å²) in [4.78, 5) is 26.5. The molecule has 112 valence electrons. The van der Waals surface area contributed by atoms with Gasteiger partial charge in [0, 0.05) is 13.0 Å². The Balaban J connectivity index is 2.34. The summed E-state index contributed by atoms with van der Waals surface area (Å²) in [5.74, 6) is 1.16. The Morgan fingerprint density at radius 1 is 1.45 bits per heavy atom. The molecule has 0 aliphatic carbocycles. The van der Waals surface area contributed by atoms with Crippen LogP contribution in [0.1, 0.15) is 12.6 Å². The van der Waals surface area contributed by atoms with E-state index in [1.807, 2.05) is 0 Å². The molecule has 22 heavy (non-hydrogen) atoms. The van der Waals surface area contributed by atoms with Crippen molar-refractivity contribution >= 4 is 23.5 Å². The third-order valence-corrected chi connectivity index (χ3v) is 3.18. The number of rotatable bonds is 4. The lowest BCUT2D eigenvalue weighted by atomic mass is 10.5. The van der Waals surface area contributed by atoms with E-state index in [0.717, 1.165) is 11.8 Å². The summed E-state index contributed by atoms with van der Waals surface area (Å²) in [5.41, 5.74) is 0.0305. The Kier molecular flexibility index (Phi) is 4.85. The van der Waals surface area contributed by atoms with Crippen LogP contribution in [0.2, 0.25) is 0 Å². The number of nitrogens with zero attached hydrogens (tertiary/aromatic N) is 4. The number of carbonyl (C=O) groups excluding carboxylic acids is 1. The molecule has 0 bridgehead atoms. The number of hydrogen-bond acceptors (Lipinski definition) is 7. The molecule has 2 aromatic heterocycles. The molecule has 0 fully saturated rings. The molecule has 7 nitrogen and oxygen atoms in total. The quantitative estimate of drug-likeness (QED) is 0.674. The Morgan fingerprint density at radius 2 is 2.23 bits per heavy atom. The molecule has 0 aliphatic heterocycles. The fourth-order valence-electron chi connectivity index (χ4n) is 1.42. The standard InChI is InChI=1S/C13H10FN5O2S/c1-4-8-13(19-12(21-3)11(14)18-8)22-10-5-9(15-6-16-10)17-7(2)20/h1,5-6H,2-3H3,(H,15,16,17,20). The highest BCUT2D eigenvalue weighted by atomic mass is 32.2. The lowest BCUT2D eigenvalue weighted by molar-refractivity contribution is -0.114. The minimum absolute atomic E-state index is 0.0305. The number of aromatic nitrogens is 4. The number of methoxy groups -OCH3 is 1. The summed E-state index contributed by atoms with van der Waals surface area (Å²) in [5, 5.41) is 3.24. The molecule has 2 aromatic rings. The molecule has 2 heterocycles. The van der Waals surface area contributed by atoms with Gasteiger partial charge in [0.2, 0.25) is 5.91 Å². The summed E-state index contributed by atoms with van der Waals surface area (Å²) in [6.07, 6.45) is 6.57. The smallest absolute Gasteiger partial charge is 0.276 e. The summed E-state index contributed by atoms with van der Waals surface area (Å²) >= 11 is 1.05. The van der Waals surface area contributed by atoms with Crippen LogP contribution < -0.4 is 10.1 Å². The molecule has 0 aromatic carbocycles. The number of hydrogen-bond donors (Lipinski definition) is 1. The van der Waals surface area contributed by atoms with Gasteiger partial charge in [0.05, 0.1) is 7.11 Å². The van der Waals surface area contributed by atoms with Crippen LogP contribution in [0.15, 0.2) is 22.4 Å². The minimum Gasteiger partial charge on any atom is -0.478 e. The molecule has 2 rings (SSSR count). The molecule has 0 radical (unpaired) electrons. The van der Waals surface area contributed by atoms with E-state index in [1.54, 1.807) is 0 Å². The zero-order valence-corrected chi connectivity index (χ0v) is 12.4. The second-order valence-corrected chi connectivity index (χ2v) is 4.86. The second-order valence-electron chi connectivity index (χ2n) is 3.85. The molecule has 0 saturated carbocycles. The maximum Gasteiger partial charge on any atom is 0.276 e. The predicted octanol–water partition coefficient (Wildman–Crippen LogP) is 1.51. The van der Waals surface area contributed by atoms with E-state index in [4.69, 9.17) is 11.2 Å². The van der Waals surface area contributed by atoms with E-state index in [0.29, 0.717) is 10.8 Å². The van der Waals surface area contributed by atoms with Gasteiger partial charge in [-0.2, -0.15) is 9.37 Å². The third kappa shape index (κ3) is 3.67. The fourth-order valence-corrected chi connectivity index (χ4v) is 2.22. The molecule has 0 saturated heterocycles. The highest BCUT2D eigenvalue weighted by Crippen LogP contribution is 2.29. The highest BCUT2D eigenvalue weighted by Gasteiger charge is 2.15. The van der Waals surface area contributed by atoms with Crippen molar-refractivity contribution in [2.45, 2.75) is 17.0 Å². The number of carbonyl (C=O) groups is 1. The van der Waals surface area contributed by atoms with Crippen LogP contribution in [0, 0.1) is 18.3 Å². The van der Waals surface area contributed by atoms with Gasteiger partial charge in [0.15, 0.2) is 0 Å². The first-order valence-electron chi connectivity index (χ1n) is 5.89. The lowest BCUT2D eigenvalue weighted by Gasteiger charge is -2.07. The number of ether oxygens (including phenoxy) is 1. The summed E-state index contributed by atoms with van der Waals surface area (Å²) in [6.45, 7) is 1.36. The molecule has 1 amide bonds. The Labute approximate surface area is 129 Å². The number of amides is 1. The third-order valence-electron chi connectivity index (χ3n) is 2.27. The van der Waals surface area contributed by atoms with Gasteiger partial charge < -0.3 is 10.1 Å². The zero-order chi connectivity index (χ0) is 16.1. The fraction of sp³-hybridized carbons (Fsp3) is 0.154. The molecular formula is C13H10FN5O2S. The maximum atomic E-state index is 13.5. The van der Waals surface area contributed by atoms with E-state index in [9.17, 15) is 9.18 Å². The number of terminal acetylenes is 1. The SMILES string of the molecule is C#Cc1nc(F)c(OC)nc1Sc1cc(NC(C)=O)ncn1. The predicted molar refractivity (Wildman–Crippen MR) is 76.9 cm³/mol. The van der Waals surface area contributed by atoms with Gasteiger partial charge in [0.25, 0.3) is 11.8 Å². The van der Waals surface area contributed by atoms with Crippen molar-refractivity contribution < 1.29 is 13.9 Å². The van der Waals surface area contributed by atoms with E-state index < -0.39 is 5.95 Å². The number of halogens is 1. The minimum atomic E-state index is -0.888. The van der Waals surface area contributed by atoms with Gasteiger partial charge in [-0.15, -0.1) is 6.42 Å². The van der Waals surface area contributed by atoms with Crippen molar-refractivity contribution in [1.82, 2.24) is 19.9 Å². The Hall–Kier alpha value is -2.73. The van der Waals surface area contributed by atoms with Crippen LogP contribution in [-0.2, 0) is 4.79 Å². The molecule has 0 unspecified atom stereocenters. The molecule has 0 aliphatic rings. The molecular weight excluding hydrogens is 309 g/mol. The monoisotopic (exact) mass is 319 g/mol. The van der Waals surface area contributed by atoms with Crippen molar-refractivity contribution in [3.05, 3.63) is 24.0 Å². The maximum absolute atomic E-state index is 13.5. The van der Waals surface area contributed by atoms with Gasteiger partial charge >= 0.3 is 0 Å². The average Bonchev–Trinajstić information content (AvgIpc) is 2.48. The Morgan fingerprint density at radius 3 is 2.86 bits per heavy atom. The normalized spacial score (nSPS) is 9.91. The van der Waals surface area contributed by atoms with Crippen LogP contribution in [0.4, 0.5) is 10.2 Å². The Bertz CT molecular complexity index is 763. The van der Waals surface area contributed by atoms with Crippen LogP contribution in [0.3, 0.4) is 0 Å². The van der Waals surface area contributed by atoms with Crippen LogP contribution >= 0.6 is 11.8 Å². The highest BCUT2D eigenvalue weighted by molar-refractivity contribution is 7.99. The van der Waals surface area contributed by atoms with E-state index >= 15 is 0 Å². The van der Waals surface area contributed by atoms with E-state index in [1.165, 1.54) is 26.4 Å². The van der Waals surface area contributed by atoms with Crippen molar-refractivity contribution in [3.8, 4) is 18.2 Å². The largest absolute Gasteiger partial charge is 0.478 e. The van der Waals surface area contributed by atoms with Crippen molar-refractivity contribution in [2.75, 3.05) is 12.4 Å². The molecule has 9 heteroatoms. The van der Waals surface area contributed by atoms with Crippen molar-refractivity contribution in [2.24, 2.45) is 0 Å². The summed E-state index contributed by atoms with van der Waals surface area (Å²) in [6, 6.07) is 1.53. The average molecular weight is 319 g/mol.